The number of nitrogens with zero attached hydrogens (tertiary/aromatic N) is 1. The average Bonchev–Trinajstić information content (AvgIpc) is 2.15. The molecule has 0 aliphatic rings. The fraction of sp³-hybridized carbons (Fsp3) is 0.222. The minimum Gasteiger partial charge on any atom is -0.207 e. The highest BCUT2D eigenvalue weighted by Crippen LogP contribution is 2.27. The Kier molecular flexibility index (Phi) is 3.66. The second kappa shape index (κ2) is 4.44. The van der Waals surface area contributed by atoms with Crippen molar-refractivity contribution in [3.63, 3.8) is 0 Å². The predicted octanol–water partition coefficient (Wildman–Crippen LogP) is 2.34. The normalized spacial score (nSPS) is 11.1. The van der Waals surface area contributed by atoms with Gasteiger partial charge in [-0.2, -0.15) is 5.26 Å². The third-order valence-corrected chi connectivity index (χ3v) is 3.76. The molecule has 1 aromatic carbocycles. The summed E-state index contributed by atoms with van der Waals surface area (Å²) in [7, 11) is 1.45. The van der Waals surface area contributed by atoms with Gasteiger partial charge in [-0.25, -0.2) is 8.42 Å². The lowest BCUT2D eigenvalue weighted by atomic mass is 10.1. The quantitative estimate of drug-likeness (QED) is 0.657. The summed E-state index contributed by atoms with van der Waals surface area (Å²) in [5.74, 6) is 0. The van der Waals surface area contributed by atoms with E-state index < -0.39 is 9.05 Å². The lowest BCUT2D eigenvalue weighted by Crippen LogP contribution is -2.01. The maximum absolute atomic E-state index is 11.2. The molecule has 80 valence electrons. The Bertz CT molecular complexity index is 532. The van der Waals surface area contributed by atoms with Gasteiger partial charge < -0.3 is 0 Å². The summed E-state index contributed by atoms with van der Waals surface area (Å²) in [6.07, 6.45) is 0.415. The molecule has 0 fully saturated rings. The Hall–Kier alpha value is -0.700. The van der Waals surface area contributed by atoms with Gasteiger partial charge >= 0.3 is 0 Å². The summed E-state index contributed by atoms with van der Waals surface area (Å²) in [5, 5.41) is 8.88. The van der Waals surface area contributed by atoms with E-state index in [9.17, 15) is 8.42 Å². The van der Waals surface area contributed by atoms with Gasteiger partial charge in [0.05, 0.1) is 10.5 Å². The molecule has 0 N–H and O–H groups in total. The molecule has 0 bridgehead atoms. The van der Waals surface area contributed by atoms with Crippen molar-refractivity contribution >= 4 is 32.4 Å². The topological polar surface area (TPSA) is 57.9 Å². The molecular formula is C9H8ClNO2S2. The number of hydrogen-bond donors (Lipinski definition) is 1. The Morgan fingerprint density at radius 2 is 2.13 bits per heavy atom. The van der Waals surface area contributed by atoms with Crippen LogP contribution in [-0.2, 0) is 15.5 Å². The number of halogens is 1. The smallest absolute Gasteiger partial charge is 0.207 e. The van der Waals surface area contributed by atoms with Crippen molar-refractivity contribution in [1.82, 2.24) is 0 Å². The Morgan fingerprint density at radius 3 is 2.53 bits per heavy atom. The maximum Gasteiger partial charge on any atom is 0.261 e. The second-order valence-electron chi connectivity index (χ2n) is 2.84. The minimum absolute atomic E-state index is 0.0129. The molecule has 0 aliphatic carbocycles. The highest BCUT2D eigenvalue weighted by molar-refractivity contribution is 8.13. The van der Waals surface area contributed by atoms with Gasteiger partial charge in [0.1, 0.15) is 6.07 Å². The number of benzene rings is 1. The van der Waals surface area contributed by atoms with E-state index in [0.29, 0.717) is 16.9 Å². The molecule has 1 aromatic rings. The minimum atomic E-state index is -3.81. The first-order valence-corrected chi connectivity index (χ1v) is 6.87. The lowest BCUT2D eigenvalue weighted by Gasteiger charge is -2.08. The molecule has 3 nitrogen and oxygen atoms in total. The zero-order valence-electron chi connectivity index (χ0n) is 7.86. The molecule has 0 saturated heterocycles. The molecule has 0 aliphatic heterocycles. The van der Waals surface area contributed by atoms with Crippen LogP contribution in [-0.4, -0.2) is 8.42 Å². The summed E-state index contributed by atoms with van der Waals surface area (Å²) in [4.78, 5) is 0.444. The summed E-state index contributed by atoms with van der Waals surface area (Å²) in [6, 6.07) is 4.75. The summed E-state index contributed by atoms with van der Waals surface area (Å²) in [5.41, 5.74) is 0.683. The van der Waals surface area contributed by atoms with Crippen LogP contribution in [0.25, 0.3) is 0 Å². The van der Waals surface area contributed by atoms with Crippen LogP contribution in [0.4, 0.5) is 0 Å². The largest absolute Gasteiger partial charge is 0.261 e. The first-order valence-electron chi connectivity index (χ1n) is 4.11. The van der Waals surface area contributed by atoms with Crippen molar-refractivity contribution in [2.75, 3.05) is 0 Å². The highest BCUT2D eigenvalue weighted by atomic mass is 35.7. The first kappa shape index (κ1) is 12.4. The van der Waals surface area contributed by atoms with Crippen LogP contribution in [0, 0.1) is 11.3 Å². The second-order valence-corrected chi connectivity index (χ2v) is 5.86. The van der Waals surface area contributed by atoms with Gasteiger partial charge in [0, 0.05) is 15.6 Å². The molecule has 1 rings (SSSR count). The third-order valence-electron chi connectivity index (χ3n) is 1.98. The van der Waals surface area contributed by atoms with Gasteiger partial charge in [-0.05, 0) is 24.1 Å². The highest BCUT2D eigenvalue weighted by Gasteiger charge is 2.18. The van der Waals surface area contributed by atoms with E-state index >= 15 is 0 Å². The molecule has 0 spiro atoms. The van der Waals surface area contributed by atoms with Gasteiger partial charge in [-0.1, -0.05) is 6.92 Å². The van der Waals surface area contributed by atoms with Crippen LogP contribution in [0.15, 0.2) is 21.9 Å². The molecule has 0 heterocycles. The van der Waals surface area contributed by atoms with Crippen molar-refractivity contribution in [2.45, 2.75) is 23.1 Å². The molecule has 0 saturated carbocycles. The molecule has 0 unspecified atom stereocenters. The summed E-state index contributed by atoms with van der Waals surface area (Å²) in [6.45, 7) is 1.76. The molecular weight excluding hydrogens is 254 g/mol. The fourth-order valence-corrected chi connectivity index (χ4v) is 2.79. The monoisotopic (exact) mass is 261 g/mol. The lowest BCUT2D eigenvalue weighted by molar-refractivity contribution is 0.608. The van der Waals surface area contributed by atoms with Crippen LogP contribution in [0.3, 0.4) is 0 Å². The van der Waals surface area contributed by atoms with E-state index in [1.165, 1.54) is 12.1 Å². The van der Waals surface area contributed by atoms with Crippen LogP contribution in [0.5, 0.6) is 0 Å². The Labute approximate surface area is 98.5 Å². The third kappa shape index (κ3) is 2.46. The van der Waals surface area contributed by atoms with Gasteiger partial charge in [0.15, 0.2) is 0 Å². The van der Waals surface area contributed by atoms with E-state index in [2.05, 4.69) is 12.6 Å². The van der Waals surface area contributed by atoms with Crippen molar-refractivity contribution in [3.8, 4) is 6.07 Å². The van der Waals surface area contributed by atoms with Crippen molar-refractivity contribution in [3.05, 3.63) is 23.3 Å². The van der Waals surface area contributed by atoms with E-state index in [0.717, 1.165) is 0 Å². The van der Waals surface area contributed by atoms with Crippen molar-refractivity contribution in [1.29, 1.82) is 5.26 Å². The summed E-state index contributed by atoms with van der Waals surface area (Å²) >= 11 is 4.08. The average molecular weight is 262 g/mol. The molecule has 0 amide bonds. The maximum atomic E-state index is 11.2. The first-order chi connectivity index (χ1) is 6.91. The van der Waals surface area contributed by atoms with E-state index in [-0.39, 0.29) is 10.5 Å². The van der Waals surface area contributed by atoms with Gasteiger partial charge in [-0.3, -0.25) is 0 Å². The van der Waals surface area contributed by atoms with Crippen molar-refractivity contribution < 1.29 is 8.42 Å². The van der Waals surface area contributed by atoms with Crippen LogP contribution in [0.1, 0.15) is 18.1 Å². The SMILES string of the molecule is CCc1c(S(=O)(=O)Cl)ccc(S)c1C#N. The molecule has 0 aromatic heterocycles. The Balaban J connectivity index is 3.66. The Morgan fingerprint density at radius 1 is 1.53 bits per heavy atom. The summed E-state index contributed by atoms with van der Waals surface area (Å²) < 4.78 is 22.4. The zero-order chi connectivity index (χ0) is 11.6. The standard InChI is InChI=1S/C9H8ClNO2S2/c1-2-6-7(5-11)8(14)3-4-9(6)15(10,12)13/h3-4,14H,2H2,1H3. The van der Waals surface area contributed by atoms with Gasteiger partial charge in [-0.15, -0.1) is 12.6 Å². The predicted molar refractivity (Wildman–Crippen MR) is 60.8 cm³/mol. The molecule has 0 radical (unpaired) electrons. The van der Waals surface area contributed by atoms with Crippen molar-refractivity contribution in [2.24, 2.45) is 0 Å². The zero-order valence-corrected chi connectivity index (χ0v) is 10.3. The number of rotatable bonds is 2. The van der Waals surface area contributed by atoms with Crippen LogP contribution in [0.2, 0.25) is 0 Å². The van der Waals surface area contributed by atoms with Gasteiger partial charge in [0.25, 0.3) is 9.05 Å². The van der Waals surface area contributed by atoms with E-state index in [4.69, 9.17) is 15.9 Å². The molecule has 6 heteroatoms. The number of hydrogen-bond acceptors (Lipinski definition) is 4. The number of thiol groups is 1. The van der Waals surface area contributed by atoms with E-state index in [1.807, 2.05) is 6.07 Å². The van der Waals surface area contributed by atoms with Crippen LogP contribution >= 0.6 is 23.3 Å². The van der Waals surface area contributed by atoms with Gasteiger partial charge in [0.2, 0.25) is 0 Å². The van der Waals surface area contributed by atoms with Crippen LogP contribution < -0.4 is 0 Å². The van der Waals surface area contributed by atoms with E-state index in [1.54, 1.807) is 6.92 Å². The molecule has 0 atom stereocenters. The molecule has 15 heavy (non-hydrogen) atoms. The fourth-order valence-electron chi connectivity index (χ4n) is 1.32. The number of nitriles is 1.